The lowest BCUT2D eigenvalue weighted by molar-refractivity contribution is 0.861. The van der Waals surface area contributed by atoms with Gasteiger partial charge >= 0.3 is 0 Å². The number of guanidine groups is 1. The molecule has 80 valence electrons. The molecule has 0 aromatic heterocycles. The van der Waals surface area contributed by atoms with Crippen LogP contribution in [0, 0.1) is 5.41 Å². The predicted octanol–water partition coefficient (Wildman–Crippen LogP) is 1.26. The van der Waals surface area contributed by atoms with Gasteiger partial charge in [-0.2, -0.15) is 0 Å². The lowest BCUT2D eigenvalue weighted by atomic mass is 10.1. The molecule has 1 aromatic carbocycles. The molecule has 0 aliphatic carbocycles. The van der Waals surface area contributed by atoms with Crippen molar-refractivity contribution >= 4 is 11.8 Å². The van der Waals surface area contributed by atoms with E-state index in [1.807, 2.05) is 18.2 Å². The molecule has 0 heterocycles. The van der Waals surface area contributed by atoms with Gasteiger partial charge in [0.15, 0.2) is 0 Å². The fourth-order valence-electron chi connectivity index (χ4n) is 1.33. The molecule has 0 atom stereocenters. The minimum Gasteiger partial charge on any atom is -0.387 e. The highest BCUT2D eigenvalue weighted by molar-refractivity contribution is 5.92. The van der Waals surface area contributed by atoms with Gasteiger partial charge in [-0.3, -0.25) is 5.41 Å². The molecule has 0 radical (unpaired) electrons. The van der Waals surface area contributed by atoms with E-state index in [1.165, 1.54) is 5.56 Å². The Labute approximate surface area is 89.5 Å². The molecule has 0 aliphatic rings. The number of nitrogens with two attached hydrogens (primary N) is 2. The predicted molar refractivity (Wildman–Crippen MR) is 62.9 cm³/mol. The number of hydrogen-bond acceptors (Lipinski definition) is 1. The molecule has 0 fully saturated rings. The lowest BCUT2D eigenvalue weighted by Crippen LogP contribution is -2.17. The Morgan fingerprint density at radius 1 is 1.20 bits per heavy atom. The van der Waals surface area contributed by atoms with E-state index < -0.39 is 0 Å². The first-order valence-corrected chi connectivity index (χ1v) is 4.89. The Morgan fingerprint density at radius 3 is 2.47 bits per heavy atom. The van der Waals surface area contributed by atoms with Crippen molar-refractivity contribution in [3.05, 3.63) is 35.9 Å². The maximum absolute atomic E-state index is 6.93. The third-order valence-corrected chi connectivity index (χ3v) is 2.01. The van der Waals surface area contributed by atoms with Gasteiger partial charge in [-0.25, -0.2) is 4.99 Å². The number of aryl methyl sites for hydroxylation is 1. The molecular weight excluding hydrogens is 188 g/mol. The van der Waals surface area contributed by atoms with Crippen LogP contribution in [0.1, 0.15) is 18.4 Å². The van der Waals surface area contributed by atoms with Crippen LogP contribution >= 0.6 is 0 Å². The normalized spacial score (nSPS) is 11.3. The van der Waals surface area contributed by atoms with Crippen molar-refractivity contribution in [1.29, 1.82) is 5.41 Å². The largest absolute Gasteiger partial charge is 0.387 e. The minimum atomic E-state index is -0.229. The quantitative estimate of drug-likeness (QED) is 0.509. The van der Waals surface area contributed by atoms with Crippen LogP contribution < -0.4 is 11.5 Å². The molecular formula is C11H16N4. The van der Waals surface area contributed by atoms with Crippen LogP contribution in [0.25, 0.3) is 0 Å². The Kier molecular flexibility index (Phi) is 4.34. The smallest absolute Gasteiger partial charge is 0.214 e. The maximum Gasteiger partial charge on any atom is 0.214 e. The number of nitrogens with zero attached hydrogens (tertiary/aromatic N) is 1. The van der Waals surface area contributed by atoms with Gasteiger partial charge in [0.2, 0.25) is 5.96 Å². The summed E-state index contributed by atoms with van der Waals surface area (Å²) in [5, 5.41) is 6.93. The third-order valence-electron chi connectivity index (χ3n) is 2.01. The monoisotopic (exact) mass is 204 g/mol. The highest BCUT2D eigenvalue weighted by atomic mass is 15.0. The van der Waals surface area contributed by atoms with Crippen LogP contribution in [0.15, 0.2) is 35.3 Å². The van der Waals surface area contributed by atoms with Crippen LogP contribution in [0.3, 0.4) is 0 Å². The average molecular weight is 204 g/mol. The number of aliphatic imine (C=N–C) groups is 1. The highest BCUT2D eigenvalue weighted by Gasteiger charge is 1.96. The van der Waals surface area contributed by atoms with Crippen LogP contribution in [-0.4, -0.2) is 11.8 Å². The Bertz CT molecular complexity index is 343. The highest BCUT2D eigenvalue weighted by Crippen LogP contribution is 2.04. The molecule has 1 rings (SSSR count). The van der Waals surface area contributed by atoms with Crippen LogP contribution in [-0.2, 0) is 6.42 Å². The van der Waals surface area contributed by atoms with Crippen LogP contribution in [0.2, 0.25) is 0 Å². The van der Waals surface area contributed by atoms with E-state index in [-0.39, 0.29) is 5.96 Å². The molecule has 15 heavy (non-hydrogen) atoms. The zero-order valence-corrected chi connectivity index (χ0v) is 8.61. The van der Waals surface area contributed by atoms with Crippen molar-refractivity contribution in [3.8, 4) is 0 Å². The number of amidine groups is 1. The first kappa shape index (κ1) is 11.2. The molecule has 0 amide bonds. The van der Waals surface area contributed by atoms with Crippen molar-refractivity contribution in [1.82, 2.24) is 0 Å². The van der Waals surface area contributed by atoms with E-state index in [0.717, 1.165) is 12.8 Å². The SMILES string of the molecule is N=C(N)N=C(N)CCCc1ccccc1. The first-order valence-electron chi connectivity index (χ1n) is 4.89. The van der Waals surface area contributed by atoms with Gasteiger partial charge < -0.3 is 11.5 Å². The van der Waals surface area contributed by atoms with Gasteiger partial charge in [-0.05, 0) is 18.4 Å². The Hall–Kier alpha value is -1.84. The summed E-state index contributed by atoms with van der Waals surface area (Å²) >= 11 is 0. The van der Waals surface area contributed by atoms with Crippen molar-refractivity contribution in [3.63, 3.8) is 0 Å². The Balaban J connectivity index is 2.31. The lowest BCUT2D eigenvalue weighted by Gasteiger charge is -2.01. The van der Waals surface area contributed by atoms with Crippen molar-refractivity contribution in [2.45, 2.75) is 19.3 Å². The fraction of sp³-hybridized carbons (Fsp3) is 0.273. The third kappa shape index (κ3) is 4.81. The molecule has 0 saturated carbocycles. The van der Waals surface area contributed by atoms with E-state index in [4.69, 9.17) is 16.9 Å². The van der Waals surface area contributed by atoms with Gasteiger partial charge in [-0.1, -0.05) is 30.3 Å². The van der Waals surface area contributed by atoms with Crippen molar-refractivity contribution in [2.75, 3.05) is 0 Å². The number of rotatable bonds is 4. The van der Waals surface area contributed by atoms with E-state index in [1.54, 1.807) is 0 Å². The van der Waals surface area contributed by atoms with E-state index >= 15 is 0 Å². The zero-order chi connectivity index (χ0) is 11.1. The summed E-state index contributed by atoms with van der Waals surface area (Å²) in [5.74, 6) is 0.200. The summed E-state index contributed by atoms with van der Waals surface area (Å²) in [5.41, 5.74) is 11.9. The minimum absolute atomic E-state index is 0.229. The topological polar surface area (TPSA) is 88.2 Å². The van der Waals surface area contributed by atoms with E-state index in [0.29, 0.717) is 12.3 Å². The molecule has 0 saturated heterocycles. The summed E-state index contributed by atoms with van der Waals surface area (Å²) in [7, 11) is 0. The van der Waals surface area contributed by atoms with E-state index in [2.05, 4.69) is 17.1 Å². The Morgan fingerprint density at radius 2 is 1.87 bits per heavy atom. The number of benzene rings is 1. The molecule has 4 heteroatoms. The standard InChI is InChI=1S/C11H16N4/c12-10(15-11(13)14)8-4-7-9-5-2-1-3-6-9/h1-3,5-6H,4,7-8H2,(H5,12,13,14,15). The molecule has 0 unspecified atom stereocenters. The molecule has 0 aliphatic heterocycles. The van der Waals surface area contributed by atoms with Gasteiger partial charge in [0.05, 0.1) is 0 Å². The summed E-state index contributed by atoms with van der Waals surface area (Å²) in [6, 6.07) is 10.2. The maximum atomic E-state index is 6.93. The van der Waals surface area contributed by atoms with Gasteiger partial charge in [0, 0.05) is 6.42 Å². The van der Waals surface area contributed by atoms with Gasteiger partial charge in [-0.15, -0.1) is 0 Å². The molecule has 1 aromatic rings. The molecule has 4 nitrogen and oxygen atoms in total. The zero-order valence-electron chi connectivity index (χ0n) is 8.61. The molecule has 5 N–H and O–H groups in total. The second-order valence-electron chi connectivity index (χ2n) is 3.33. The van der Waals surface area contributed by atoms with Crippen molar-refractivity contribution in [2.24, 2.45) is 16.5 Å². The van der Waals surface area contributed by atoms with Crippen LogP contribution in [0.4, 0.5) is 0 Å². The summed E-state index contributed by atoms with van der Waals surface area (Å²) in [6.45, 7) is 0. The second-order valence-corrected chi connectivity index (χ2v) is 3.33. The first-order chi connectivity index (χ1) is 7.18. The summed E-state index contributed by atoms with van der Waals surface area (Å²) in [6.07, 6.45) is 2.57. The van der Waals surface area contributed by atoms with Crippen molar-refractivity contribution < 1.29 is 0 Å². The molecule has 0 bridgehead atoms. The number of hydrogen-bond donors (Lipinski definition) is 3. The summed E-state index contributed by atoms with van der Waals surface area (Å²) < 4.78 is 0. The van der Waals surface area contributed by atoms with Crippen LogP contribution in [0.5, 0.6) is 0 Å². The van der Waals surface area contributed by atoms with E-state index in [9.17, 15) is 0 Å². The second kappa shape index (κ2) is 5.80. The fourth-order valence-corrected chi connectivity index (χ4v) is 1.33. The summed E-state index contributed by atoms with van der Waals surface area (Å²) in [4.78, 5) is 3.66. The average Bonchev–Trinajstić information content (AvgIpc) is 2.18. The molecule has 0 spiro atoms. The number of nitrogens with one attached hydrogen (secondary N) is 1. The van der Waals surface area contributed by atoms with Gasteiger partial charge in [0.1, 0.15) is 5.84 Å². The van der Waals surface area contributed by atoms with Gasteiger partial charge in [0.25, 0.3) is 0 Å².